The number of hydrogen-bond acceptors (Lipinski definition) is 4. The van der Waals surface area contributed by atoms with Gasteiger partial charge < -0.3 is 19.9 Å². The molecule has 0 radical (unpaired) electrons. The molecule has 0 heterocycles. The first-order valence-electron chi connectivity index (χ1n) is 6.84. The highest BCUT2D eigenvalue weighted by molar-refractivity contribution is 5.81. The SMILES string of the molecule is COc1cc(C(C)O)ccc1OC(C)C(=O)NC1CC1. The number of aliphatic hydroxyl groups is 1. The number of amides is 1. The summed E-state index contributed by atoms with van der Waals surface area (Å²) in [5.74, 6) is 0.888. The van der Waals surface area contributed by atoms with Gasteiger partial charge >= 0.3 is 0 Å². The van der Waals surface area contributed by atoms with E-state index in [1.165, 1.54) is 7.11 Å². The maximum atomic E-state index is 11.9. The van der Waals surface area contributed by atoms with Gasteiger partial charge in [0.05, 0.1) is 13.2 Å². The van der Waals surface area contributed by atoms with E-state index >= 15 is 0 Å². The van der Waals surface area contributed by atoms with Crippen molar-refractivity contribution in [3.63, 3.8) is 0 Å². The van der Waals surface area contributed by atoms with Gasteiger partial charge in [0, 0.05) is 6.04 Å². The van der Waals surface area contributed by atoms with Gasteiger partial charge in [-0.1, -0.05) is 6.07 Å². The number of benzene rings is 1. The highest BCUT2D eigenvalue weighted by Gasteiger charge is 2.26. The lowest BCUT2D eigenvalue weighted by molar-refractivity contribution is -0.127. The van der Waals surface area contributed by atoms with Crippen molar-refractivity contribution < 1.29 is 19.4 Å². The molecule has 1 aromatic carbocycles. The molecule has 2 N–H and O–H groups in total. The average Bonchev–Trinajstić information content (AvgIpc) is 3.22. The van der Waals surface area contributed by atoms with Crippen LogP contribution in [0.1, 0.15) is 38.4 Å². The molecule has 2 rings (SSSR count). The largest absolute Gasteiger partial charge is 0.493 e. The zero-order valence-electron chi connectivity index (χ0n) is 12.1. The highest BCUT2D eigenvalue weighted by Crippen LogP contribution is 2.31. The summed E-state index contributed by atoms with van der Waals surface area (Å²) in [6, 6.07) is 5.49. The molecular weight excluding hydrogens is 258 g/mol. The van der Waals surface area contributed by atoms with Crippen LogP contribution in [0.25, 0.3) is 0 Å². The molecule has 0 bridgehead atoms. The molecule has 1 fully saturated rings. The first-order chi connectivity index (χ1) is 9.51. The first-order valence-corrected chi connectivity index (χ1v) is 6.84. The lowest BCUT2D eigenvalue weighted by atomic mass is 10.1. The summed E-state index contributed by atoms with van der Waals surface area (Å²) in [5.41, 5.74) is 0.740. The number of hydrogen-bond donors (Lipinski definition) is 2. The summed E-state index contributed by atoms with van der Waals surface area (Å²) in [5, 5.41) is 12.4. The van der Waals surface area contributed by atoms with E-state index in [2.05, 4.69) is 5.32 Å². The lowest BCUT2D eigenvalue weighted by Crippen LogP contribution is -2.37. The Balaban J connectivity index is 2.05. The molecule has 0 aliphatic heterocycles. The van der Waals surface area contributed by atoms with Gasteiger partial charge in [-0.2, -0.15) is 0 Å². The molecule has 20 heavy (non-hydrogen) atoms. The molecule has 5 heteroatoms. The fraction of sp³-hybridized carbons (Fsp3) is 0.533. The van der Waals surface area contributed by atoms with Crippen LogP contribution in [0.4, 0.5) is 0 Å². The Morgan fingerprint density at radius 3 is 2.60 bits per heavy atom. The van der Waals surface area contributed by atoms with Crippen molar-refractivity contribution in [2.24, 2.45) is 0 Å². The third-order valence-corrected chi connectivity index (χ3v) is 3.27. The molecule has 2 atom stereocenters. The molecule has 1 aliphatic carbocycles. The fourth-order valence-electron chi connectivity index (χ4n) is 1.83. The zero-order valence-corrected chi connectivity index (χ0v) is 12.1. The summed E-state index contributed by atoms with van der Waals surface area (Å²) < 4.78 is 10.9. The van der Waals surface area contributed by atoms with Gasteiger partial charge in [0.25, 0.3) is 5.91 Å². The predicted octanol–water partition coefficient (Wildman–Crippen LogP) is 1.79. The Bertz CT molecular complexity index is 483. The van der Waals surface area contributed by atoms with E-state index in [-0.39, 0.29) is 5.91 Å². The number of carbonyl (C=O) groups excluding carboxylic acids is 1. The second-order valence-electron chi connectivity index (χ2n) is 5.13. The van der Waals surface area contributed by atoms with Crippen LogP contribution in [-0.4, -0.2) is 30.3 Å². The van der Waals surface area contributed by atoms with Crippen LogP contribution in [-0.2, 0) is 4.79 Å². The van der Waals surface area contributed by atoms with E-state index in [0.717, 1.165) is 18.4 Å². The number of rotatable bonds is 6. The Kier molecular flexibility index (Phi) is 4.49. The van der Waals surface area contributed by atoms with Crippen LogP contribution in [0.3, 0.4) is 0 Å². The van der Waals surface area contributed by atoms with E-state index in [0.29, 0.717) is 17.5 Å². The van der Waals surface area contributed by atoms with Crippen molar-refractivity contribution in [1.29, 1.82) is 0 Å². The second kappa shape index (κ2) is 6.13. The van der Waals surface area contributed by atoms with Gasteiger partial charge in [-0.15, -0.1) is 0 Å². The minimum absolute atomic E-state index is 0.117. The van der Waals surface area contributed by atoms with Crippen molar-refractivity contribution in [1.82, 2.24) is 5.32 Å². The zero-order chi connectivity index (χ0) is 14.7. The van der Waals surface area contributed by atoms with E-state index in [1.807, 2.05) is 0 Å². The normalized spacial score (nSPS) is 17.2. The maximum absolute atomic E-state index is 11.9. The summed E-state index contributed by atoms with van der Waals surface area (Å²) in [6.07, 6.45) is 0.936. The van der Waals surface area contributed by atoms with E-state index in [9.17, 15) is 9.90 Å². The third kappa shape index (κ3) is 3.63. The number of methoxy groups -OCH3 is 1. The van der Waals surface area contributed by atoms with Gasteiger partial charge in [0.2, 0.25) is 0 Å². The average molecular weight is 279 g/mol. The number of carbonyl (C=O) groups is 1. The predicted molar refractivity (Wildman–Crippen MR) is 74.9 cm³/mol. The van der Waals surface area contributed by atoms with Crippen LogP contribution in [0, 0.1) is 0 Å². The van der Waals surface area contributed by atoms with Gasteiger partial charge in [-0.25, -0.2) is 0 Å². The molecule has 5 nitrogen and oxygen atoms in total. The van der Waals surface area contributed by atoms with Crippen LogP contribution in [0.5, 0.6) is 11.5 Å². The summed E-state index contributed by atoms with van der Waals surface area (Å²) in [7, 11) is 1.53. The van der Waals surface area contributed by atoms with Gasteiger partial charge in [0.1, 0.15) is 0 Å². The Labute approximate surface area is 118 Å². The van der Waals surface area contributed by atoms with Gasteiger partial charge in [0.15, 0.2) is 17.6 Å². The number of nitrogens with one attached hydrogen (secondary N) is 1. The van der Waals surface area contributed by atoms with Gasteiger partial charge in [-0.3, -0.25) is 4.79 Å². The lowest BCUT2D eigenvalue weighted by Gasteiger charge is -2.17. The number of aliphatic hydroxyl groups excluding tert-OH is 1. The van der Waals surface area contributed by atoms with Crippen LogP contribution in [0.15, 0.2) is 18.2 Å². The van der Waals surface area contributed by atoms with Crippen LogP contribution >= 0.6 is 0 Å². The Morgan fingerprint density at radius 1 is 1.35 bits per heavy atom. The topological polar surface area (TPSA) is 67.8 Å². The Morgan fingerprint density at radius 2 is 2.05 bits per heavy atom. The van der Waals surface area contributed by atoms with Crippen LogP contribution < -0.4 is 14.8 Å². The fourth-order valence-corrected chi connectivity index (χ4v) is 1.83. The molecule has 0 aromatic heterocycles. The summed E-state index contributed by atoms with van der Waals surface area (Å²) in [4.78, 5) is 11.9. The van der Waals surface area contributed by atoms with Crippen molar-refractivity contribution in [3.05, 3.63) is 23.8 Å². The third-order valence-electron chi connectivity index (χ3n) is 3.27. The molecule has 1 amide bonds. The van der Waals surface area contributed by atoms with E-state index in [4.69, 9.17) is 9.47 Å². The second-order valence-corrected chi connectivity index (χ2v) is 5.13. The molecule has 1 saturated carbocycles. The molecule has 1 aliphatic rings. The van der Waals surface area contributed by atoms with Crippen LogP contribution in [0.2, 0.25) is 0 Å². The monoisotopic (exact) mass is 279 g/mol. The van der Waals surface area contributed by atoms with E-state index < -0.39 is 12.2 Å². The van der Waals surface area contributed by atoms with E-state index in [1.54, 1.807) is 32.0 Å². The minimum atomic E-state index is -0.582. The summed E-state index contributed by atoms with van der Waals surface area (Å²) >= 11 is 0. The highest BCUT2D eigenvalue weighted by atomic mass is 16.5. The molecule has 0 saturated heterocycles. The van der Waals surface area contributed by atoms with Crippen molar-refractivity contribution in [2.45, 2.75) is 44.9 Å². The first kappa shape index (κ1) is 14.7. The standard InChI is InChI=1S/C15H21NO4/c1-9(17)11-4-7-13(14(8-11)19-3)20-10(2)15(18)16-12-5-6-12/h4,7-10,12,17H,5-6H2,1-3H3,(H,16,18). The van der Waals surface area contributed by atoms with Crippen molar-refractivity contribution in [3.8, 4) is 11.5 Å². The molecule has 1 aromatic rings. The van der Waals surface area contributed by atoms with Crippen molar-refractivity contribution >= 4 is 5.91 Å². The van der Waals surface area contributed by atoms with Gasteiger partial charge in [-0.05, 0) is 44.4 Å². The quantitative estimate of drug-likeness (QED) is 0.833. The summed E-state index contributed by atoms with van der Waals surface area (Å²) in [6.45, 7) is 3.39. The van der Waals surface area contributed by atoms with Crippen molar-refractivity contribution in [2.75, 3.05) is 7.11 Å². The smallest absolute Gasteiger partial charge is 0.260 e. The number of ether oxygens (including phenoxy) is 2. The molecular formula is C15H21NO4. The minimum Gasteiger partial charge on any atom is -0.493 e. The molecule has 0 spiro atoms. The Hall–Kier alpha value is -1.75. The molecule has 2 unspecified atom stereocenters. The maximum Gasteiger partial charge on any atom is 0.260 e. The molecule has 110 valence electrons.